The highest BCUT2D eigenvalue weighted by Gasteiger charge is 2.47. The van der Waals surface area contributed by atoms with Gasteiger partial charge in [-0.3, -0.25) is 14.5 Å². The van der Waals surface area contributed by atoms with Crippen molar-refractivity contribution in [3.05, 3.63) is 51.4 Å². The van der Waals surface area contributed by atoms with Crippen molar-refractivity contribution in [1.82, 2.24) is 19.7 Å². The third-order valence-corrected chi connectivity index (χ3v) is 6.93. The van der Waals surface area contributed by atoms with Crippen LogP contribution in [-0.4, -0.2) is 51.6 Å². The zero-order valence-corrected chi connectivity index (χ0v) is 18.4. The smallest absolute Gasteiger partial charge is 0.267 e. The van der Waals surface area contributed by atoms with Gasteiger partial charge in [-0.15, -0.1) is 0 Å². The number of nitrogens with one attached hydrogen (secondary N) is 1. The van der Waals surface area contributed by atoms with Gasteiger partial charge in [0, 0.05) is 31.6 Å². The van der Waals surface area contributed by atoms with Crippen LogP contribution in [0.15, 0.2) is 23.0 Å². The number of ether oxygens (including phenoxy) is 1. The Morgan fingerprint density at radius 1 is 1.27 bits per heavy atom. The van der Waals surface area contributed by atoms with E-state index in [0.717, 1.165) is 18.9 Å². The Morgan fingerprint density at radius 3 is 2.73 bits per heavy atom. The van der Waals surface area contributed by atoms with Crippen molar-refractivity contribution in [2.75, 3.05) is 24.6 Å². The van der Waals surface area contributed by atoms with Crippen molar-refractivity contribution in [3.8, 4) is 11.8 Å². The number of hydrogen-bond acceptors (Lipinski definition) is 6. The average molecular weight is 454 g/mol. The number of piperidine rings is 1. The minimum atomic E-state index is -1.04. The van der Waals surface area contributed by atoms with Gasteiger partial charge in [0.2, 0.25) is 5.95 Å². The maximum Gasteiger partial charge on any atom is 0.267 e. The quantitative estimate of drug-likeness (QED) is 0.543. The molecule has 0 amide bonds. The number of rotatable bonds is 1. The lowest BCUT2D eigenvalue weighted by Gasteiger charge is -2.41. The SMILES string of the molecule is C[C@@H]1OCC2(CCN(c3nc4[nH]nc(C#Cc5cccc(F)c5F)c4c(=O)n3C)CC2)[C@@H]1N. The molecule has 33 heavy (non-hydrogen) atoms. The molecule has 3 aromatic rings. The highest BCUT2D eigenvalue weighted by atomic mass is 19.2. The fourth-order valence-electron chi connectivity index (χ4n) is 4.77. The Hall–Kier alpha value is -3.29. The van der Waals surface area contributed by atoms with Crippen LogP contribution in [0.2, 0.25) is 0 Å². The van der Waals surface area contributed by atoms with Crippen LogP contribution in [0.3, 0.4) is 0 Å². The minimum Gasteiger partial charge on any atom is -0.376 e. The van der Waals surface area contributed by atoms with Gasteiger partial charge in [-0.05, 0) is 37.8 Å². The molecule has 2 fully saturated rings. The largest absolute Gasteiger partial charge is 0.376 e. The molecule has 2 aromatic heterocycles. The maximum absolute atomic E-state index is 13.9. The molecule has 172 valence electrons. The van der Waals surface area contributed by atoms with Crippen molar-refractivity contribution in [2.45, 2.75) is 31.9 Å². The molecule has 8 nitrogen and oxygen atoms in total. The normalized spacial score (nSPS) is 22.0. The standard InChI is InChI=1S/C23H24F2N6O2/c1-13-19(26)23(12-33-13)8-10-31(11-9-23)22-27-20-17(21(32)30(22)2)16(28-29-20)7-6-14-4-3-5-15(24)18(14)25/h3-5,13,19H,8-12,26H2,1-2H3,(H,28,29)/t13-,19+/m0/s1. The highest BCUT2D eigenvalue weighted by Crippen LogP contribution is 2.41. The summed E-state index contributed by atoms with van der Waals surface area (Å²) < 4.78 is 34.6. The van der Waals surface area contributed by atoms with Crippen molar-refractivity contribution in [2.24, 2.45) is 18.2 Å². The number of anilines is 1. The van der Waals surface area contributed by atoms with Gasteiger partial charge < -0.3 is 15.4 Å². The zero-order valence-electron chi connectivity index (χ0n) is 18.4. The van der Waals surface area contributed by atoms with Crippen LogP contribution in [0.4, 0.5) is 14.7 Å². The van der Waals surface area contributed by atoms with E-state index in [1.54, 1.807) is 7.05 Å². The van der Waals surface area contributed by atoms with Crippen LogP contribution < -0.4 is 16.2 Å². The summed E-state index contributed by atoms with van der Waals surface area (Å²) in [6.45, 7) is 4.07. The van der Waals surface area contributed by atoms with E-state index < -0.39 is 11.6 Å². The van der Waals surface area contributed by atoms with E-state index in [1.165, 1.54) is 16.7 Å². The van der Waals surface area contributed by atoms with E-state index in [0.29, 0.717) is 31.3 Å². The van der Waals surface area contributed by atoms with Gasteiger partial charge in [0.25, 0.3) is 5.56 Å². The first-order valence-corrected chi connectivity index (χ1v) is 10.8. The third kappa shape index (κ3) is 3.48. The lowest BCUT2D eigenvalue weighted by atomic mass is 9.73. The molecular formula is C23H24F2N6O2. The first-order valence-electron chi connectivity index (χ1n) is 10.8. The molecule has 0 unspecified atom stereocenters. The molecule has 10 heteroatoms. The predicted molar refractivity (Wildman–Crippen MR) is 119 cm³/mol. The topological polar surface area (TPSA) is 102 Å². The van der Waals surface area contributed by atoms with Gasteiger partial charge in [0.15, 0.2) is 23.0 Å². The summed E-state index contributed by atoms with van der Waals surface area (Å²) >= 11 is 0. The number of nitrogens with two attached hydrogens (primary N) is 1. The molecule has 0 saturated carbocycles. The Labute approximate surface area is 188 Å². The van der Waals surface area contributed by atoms with Crippen molar-refractivity contribution < 1.29 is 13.5 Å². The number of halogens is 2. The molecule has 0 radical (unpaired) electrons. The van der Waals surface area contributed by atoms with Crippen LogP contribution in [-0.2, 0) is 11.8 Å². The lowest BCUT2D eigenvalue weighted by Crippen LogP contribution is -2.51. The van der Waals surface area contributed by atoms with E-state index in [2.05, 4.69) is 31.9 Å². The molecule has 2 aliphatic rings. The molecule has 0 bridgehead atoms. The molecule has 2 saturated heterocycles. The van der Waals surface area contributed by atoms with Gasteiger partial charge in [0.1, 0.15) is 5.39 Å². The monoisotopic (exact) mass is 454 g/mol. The molecule has 4 heterocycles. The fourth-order valence-corrected chi connectivity index (χ4v) is 4.77. The number of aromatic amines is 1. The molecule has 3 N–H and O–H groups in total. The molecule has 0 aliphatic carbocycles. The summed E-state index contributed by atoms with van der Waals surface area (Å²) in [6.07, 6.45) is 1.75. The zero-order chi connectivity index (χ0) is 23.3. The van der Waals surface area contributed by atoms with Gasteiger partial charge >= 0.3 is 0 Å². The van der Waals surface area contributed by atoms with E-state index in [9.17, 15) is 13.6 Å². The van der Waals surface area contributed by atoms with Crippen molar-refractivity contribution >= 4 is 17.0 Å². The Morgan fingerprint density at radius 2 is 2.03 bits per heavy atom. The predicted octanol–water partition coefficient (Wildman–Crippen LogP) is 1.67. The van der Waals surface area contributed by atoms with E-state index in [-0.39, 0.29) is 39.8 Å². The van der Waals surface area contributed by atoms with Gasteiger partial charge in [0.05, 0.1) is 18.3 Å². The van der Waals surface area contributed by atoms with Crippen LogP contribution >= 0.6 is 0 Å². The first-order chi connectivity index (χ1) is 15.8. The lowest BCUT2D eigenvalue weighted by molar-refractivity contribution is 0.0973. The number of aromatic nitrogens is 4. The van der Waals surface area contributed by atoms with Crippen molar-refractivity contribution in [1.29, 1.82) is 0 Å². The summed E-state index contributed by atoms with van der Waals surface area (Å²) in [6, 6.07) is 3.74. The summed E-state index contributed by atoms with van der Waals surface area (Å²) in [5.74, 6) is 3.72. The van der Waals surface area contributed by atoms with E-state index in [1.807, 2.05) is 6.92 Å². The fraction of sp³-hybridized carbons (Fsp3) is 0.435. The second-order valence-corrected chi connectivity index (χ2v) is 8.81. The second-order valence-electron chi connectivity index (χ2n) is 8.81. The van der Waals surface area contributed by atoms with Crippen LogP contribution in [0, 0.1) is 28.9 Å². The number of H-pyrrole nitrogens is 1. The van der Waals surface area contributed by atoms with Gasteiger partial charge in [-0.25, -0.2) is 8.78 Å². The summed E-state index contributed by atoms with van der Waals surface area (Å²) in [5.41, 5.74) is 6.37. The molecule has 5 rings (SSSR count). The Kier molecular flexibility index (Phi) is 5.18. The summed E-state index contributed by atoms with van der Waals surface area (Å²) in [7, 11) is 1.65. The molecule has 2 aliphatic heterocycles. The second kappa shape index (κ2) is 7.93. The van der Waals surface area contributed by atoms with Crippen LogP contribution in [0.25, 0.3) is 11.0 Å². The number of hydrogen-bond donors (Lipinski definition) is 2. The van der Waals surface area contributed by atoms with Crippen molar-refractivity contribution in [3.63, 3.8) is 0 Å². The minimum absolute atomic E-state index is 0.00410. The number of benzene rings is 1. The average Bonchev–Trinajstić information content (AvgIpc) is 3.34. The number of nitrogens with zero attached hydrogens (tertiary/aromatic N) is 4. The van der Waals surface area contributed by atoms with Crippen LogP contribution in [0.5, 0.6) is 0 Å². The third-order valence-electron chi connectivity index (χ3n) is 6.93. The summed E-state index contributed by atoms with van der Waals surface area (Å²) in [5, 5.41) is 7.04. The van der Waals surface area contributed by atoms with Gasteiger partial charge in [-0.1, -0.05) is 12.0 Å². The molecule has 2 atom stereocenters. The van der Waals surface area contributed by atoms with Gasteiger partial charge in [-0.2, -0.15) is 10.1 Å². The van der Waals surface area contributed by atoms with E-state index >= 15 is 0 Å². The Bertz CT molecular complexity index is 1350. The number of fused-ring (bicyclic) bond motifs is 1. The van der Waals surface area contributed by atoms with Crippen LogP contribution in [0.1, 0.15) is 31.0 Å². The highest BCUT2D eigenvalue weighted by molar-refractivity contribution is 5.81. The van der Waals surface area contributed by atoms with E-state index in [4.69, 9.17) is 10.5 Å². The Balaban J connectivity index is 1.45. The molecule has 1 spiro atoms. The molecular weight excluding hydrogens is 430 g/mol. The molecule has 1 aromatic carbocycles. The summed E-state index contributed by atoms with van der Waals surface area (Å²) in [4.78, 5) is 19.8. The maximum atomic E-state index is 13.9. The first kappa shape index (κ1) is 21.6.